The van der Waals surface area contributed by atoms with Crippen LogP contribution in [0.2, 0.25) is 0 Å². The maximum Gasteiger partial charge on any atom is 0.122 e. The quantitative estimate of drug-likeness (QED) is 0.674. The Morgan fingerprint density at radius 2 is 2.22 bits per heavy atom. The van der Waals surface area contributed by atoms with Gasteiger partial charge >= 0.3 is 0 Å². The maximum absolute atomic E-state index is 6.64. The van der Waals surface area contributed by atoms with Crippen molar-refractivity contribution in [2.45, 2.75) is 18.2 Å². The number of halogens is 2. The molecule has 4 heteroatoms. The first-order valence-corrected chi connectivity index (χ1v) is 7.83. The van der Waals surface area contributed by atoms with Crippen LogP contribution >= 0.6 is 38.9 Å². The van der Waals surface area contributed by atoms with Crippen molar-refractivity contribution >= 4 is 38.9 Å². The third kappa shape index (κ3) is 2.09. The van der Waals surface area contributed by atoms with Crippen LogP contribution in [0.4, 0.5) is 0 Å². The van der Waals surface area contributed by atoms with Crippen LogP contribution in [0.25, 0.3) is 0 Å². The number of hydrogen-bond acceptors (Lipinski definition) is 2. The molecule has 0 aliphatic carbocycles. The molecule has 0 fully saturated rings. The number of para-hydroxylation sites is 1. The lowest BCUT2D eigenvalue weighted by molar-refractivity contribution is 0.328. The molecule has 1 aliphatic rings. The van der Waals surface area contributed by atoms with Gasteiger partial charge in [-0.2, -0.15) is 0 Å². The fourth-order valence-electron chi connectivity index (χ4n) is 2.25. The van der Waals surface area contributed by atoms with Crippen molar-refractivity contribution in [3.63, 3.8) is 0 Å². The van der Waals surface area contributed by atoms with Crippen molar-refractivity contribution in [1.82, 2.24) is 0 Å². The summed E-state index contributed by atoms with van der Waals surface area (Å²) in [6, 6.07) is 10.3. The second-order valence-electron chi connectivity index (χ2n) is 4.41. The number of alkyl halides is 1. The molecule has 1 aliphatic heterocycles. The largest absolute Gasteiger partial charge is 0.493 e. The minimum atomic E-state index is -0.0244. The van der Waals surface area contributed by atoms with Crippen LogP contribution < -0.4 is 4.74 Å². The van der Waals surface area contributed by atoms with Crippen LogP contribution in [-0.2, 0) is 0 Å². The highest BCUT2D eigenvalue weighted by Gasteiger charge is 2.32. The predicted octanol–water partition coefficient (Wildman–Crippen LogP) is 5.28. The Hall–Kier alpha value is -0.510. The fraction of sp³-hybridized carbons (Fsp3) is 0.286. The van der Waals surface area contributed by atoms with Gasteiger partial charge in [0.1, 0.15) is 5.75 Å². The normalized spacial score (nSPS) is 19.4. The molecule has 0 amide bonds. The second kappa shape index (κ2) is 4.87. The van der Waals surface area contributed by atoms with E-state index in [0.29, 0.717) is 6.61 Å². The van der Waals surface area contributed by atoms with E-state index in [-0.39, 0.29) is 11.3 Å². The summed E-state index contributed by atoms with van der Waals surface area (Å²) in [6.07, 6.45) is 0. The molecule has 1 nitrogen and oxygen atoms in total. The molecule has 3 rings (SSSR count). The SMILES string of the molecule is Cc1sc(C(Cl)C2COc3ccccc32)cc1Br. The molecular formula is C14H12BrClOS. The Balaban J connectivity index is 1.92. The van der Waals surface area contributed by atoms with Gasteiger partial charge in [0.05, 0.1) is 12.0 Å². The Labute approximate surface area is 124 Å². The summed E-state index contributed by atoms with van der Waals surface area (Å²) in [4.78, 5) is 2.47. The number of ether oxygens (including phenoxy) is 1. The zero-order valence-corrected chi connectivity index (χ0v) is 13.0. The molecule has 2 atom stereocenters. The van der Waals surface area contributed by atoms with Crippen molar-refractivity contribution < 1.29 is 4.74 Å². The maximum atomic E-state index is 6.64. The van der Waals surface area contributed by atoms with Crippen molar-refractivity contribution in [3.05, 3.63) is 50.1 Å². The van der Waals surface area contributed by atoms with Crippen LogP contribution in [0.5, 0.6) is 5.75 Å². The Morgan fingerprint density at radius 1 is 1.44 bits per heavy atom. The van der Waals surface area contributed by atoms with E-state index in [1.165, 1.54) is 15.3 Å². The number of aryl methyl sites for hydroxylation is 1. The van der Waals surface area contributed by atoms with Gasteiger partial charge in [0.15, 0.2) is 0 Å². The Bertz CT molecular complexity index is 561. The Morgan fingerprint density at radius 3 is 2.94 bits per heavy atom. The molecule has 0 radical (unpaired) electrons. The highest BCUT2D eigenvalue weighted by Crippen LogP contribution is 2.46. The van der Waals surface area contributed by atoms with Crippen LogP contribution in [0, 0.1) is 6.92 Å². The van der Waals surface area contributed by atoms with Crippen LogP contribution in [0.3, 0.4) is 0 Å². The van der Waals surface area contributed by atoms with Gasteiger partial charge in [0.25, 0.3) is 0 Å². The van der Waals surface area contributed by atoms with E-state index in [4.69, 9.17) is 16.3 Å². The van der Waals surface area contributed by atoms with Gasteiger partial charge in [-0.25, -0.2) is 0 Å². The van der Waals surface area contributed by atoms with E-state index < -0.39 is 0 Å². The van der Waals surface area contributed by atoms with Gasteiger partial charge in [-0.15, -0.1) is 22.9 Å². The molecule has 0 saturated heterocycles. The lowest BCUT2D eigenvalue weighted by Crippen LogP contribution is -2.06. The number of fused-ring (bicyclic) bond motifs is 1. The molecular weight excluding hydrogens is 332 g/mol. The average molecular weight is 344 g/mol. The summed E-state index contributed by atoms with van der Waals surface area (Å²) >= 11 is 11.9. The summed E-state index contributed by atoms with van der Waals surface area (Å²) in [6.45, 7) is 2.77. The molecule has 2 aromatic rings. The molecule has 18 heavy (non-hydrogen) atoms. The zero-order valence-electron chi connectivity index (χ0n) is 9.82. The lowest BCUT2D eigenvalue weighted by Gasteiger charge is -2.14. The van der Waals surface area contributed by atoms with Gasteiger partial charge in [-0.05, 0) is 35.0 Å². The van der Waals surface area contributed by atoms with Gasteiger partial charge in [-0.3, -0.25) is 0 Å². The number of hydrogen-bond donors (Lipinski definition) is 0. The van der Waals surface area contributed by atoms with E-state index in [0.717, 1.165) is 10.2 Å². The highest BCUT2D eigenvalue weighted by molar-refractivity contribution is 9.10. The molecule has 1 aromatic carbocycles. The smallest absolute Gasteiger partial charge is 0.122 e. The van der Waals surface area contributed by atoms with Gasteiger partial charge < -0.3 is 4.74 Å². The van der Waals surface area contributed by atoms with E-state index in [2.05, 4.69) is 35.0 Å². The lowest BCUT2D eigenvalue weighted by atomic mass is 9.97. The third-order valence-corrected chi connectivity index (χ3v) is 6.13. The highest BCUT2D eigenvalue weighted by atomic mass is 79.9. The van der Waals surface area contributed by atoms with Crippen molar-refractivity contribution in [2.75, 3.05) is 6.61 Å². The minimum Gasteiger partial charge on any atom is -0.493 e. The molecule has 0 spiro atoms. The first-order chi connectivity index (χ1) is 8.66. The molecule has 94 valence electrons. The van der Waals surface area contributed by atoms with Gasteiger partial charge in [-0.1, -0.05) is 18.2 Å². The molecule has 1 aromatic heterocycles. The molecule has 0 bridgehead atoms. The van der Waals surface area contributed by atoms with E-state index in [1.807, 2.05) is 18.2 Å². The monoisotopic (exact) mass is 342 g/mol. The summed E-state index contributed by atoms with van der Waals surface area (Å²) in [7, 11) is 0. The average Bonchev–Trinajstić information content (AvgIpc) is 2.93. The van der Waals surface area contributed by atoms with Gasteiger partial charge in [0, 0.05) is 25.7 Å². The van der Waals surface area contributed by atoms with E-state index >= 15 is 0 Å². The van der Waals surface area contributed by atoms with Crippen molar-refractivity contribution in [3.8, 4) is 5.75 Å². The third-order valence-electron chi connectivity index (χ3n) is 3.24. The van der Waals surface area contributed by atoms with E-state index in [1.54, 1.807) is 11.3 Å². The number of thiophene rings is 1. The van der Waals surface area contributed by atoms with Crippen LogP contribution in [0.15, 0.2) is 34.8 Å². The predicted molar refractivity (Wildman–Crippen MR) is 80.0 cm³/mol. The molecule has 0 N–H and O–H groups in total. The van der Waals surface area contributed by atoms with Crippen LogP contribution in [0.1, 0.15) is 26.6 Å². The molecule has 2 heterocycles. The first-order valence-electron chi connectivity index (χ1n) is 5.78. The van der Waals surface area contributed by atoms with Crippen molar-refractivity contribution in [2.24, 2.45) is 0 Å². The molecule has 2 unspecified atom stereocenters. The standard InChI is InChI=1S/C14H12BrClOS/c1-8-11(15)6-13(18-8)14(16)10-7-17-12-5-3-2-4-9(10)12/h2-6,10,14H,7H2,1H3. The van der Waals surface area contributed by atoms with E-state index in [9.17, 15) is 0 Å². The second-order valence-corrected chi connectivity index (χ2v) is 7.02. The number of rotatable bonds is 2. The summed E-state index contributed by atoms with van der Waals surface area (Å²) in [5.74, 6) is 1.22. The minimum absolute atomic E-state index is 0.0244. The van der Waals surface area contributed by atoms with Gasteiger partial charge in [0.2, 0.25) is 0 Å². The summed E-state index contributed by atoms with van der Waals surface area (Å²) in [5.41, 5.74) is 1.22. The fourth-order valence-corrected chi connectivity index (χ4v) is 4.26. The van der Waals surface area contributed by atoms with Crippen LogP contribution in [-0.4, -0.2) is 6.61 Å². The Kier molecular flexibility index (Phi) is 3.39. The topological polar surface area (TPSA) is 9.23 Å². The zero-order chi connectivity index (χ0) is 12.7. The summed E-state index contributed by atoms with van der Waals surface area (Å²) < 4.78 is 6.84. The number of benzene rings is 1. The van der Waals surface area contributed by atoms with Crippen molar-refractivity contribution in [1.29, 1.82) is 0 Å². The summed E-state index contributed by atoms with van der Waals surface area (Å²) in [5, 5.41) is -0.0244. The molecule has 0 saturated carbocycles. The first kappa shape index (κ1) is 12.5.